The lowest BCUT2D eigenvalue weighted by Crippen LogP contribution is -2.41. The van der Waals surface area contributed by atoms with Crippen molar-refractivity contribution < 1.29 is 9.31 Å². The van der Waals surface area contributed by atoms with Crippen molar-refractivity contribution in [2.75, 3.05) is 12.8 Å². The van der Waals surface area contributed by atoms with E-state index in [-0.39, 0.29) is 11.2 Å². The molecular weight excluding hydrogens is 241 g/mol. The average molecular weight is 263 g/mol. The van der Waals surface area contributed by atoms with Gasteiger partial charge in [0, 0.05) is 6.54 Å². The molecule has 2 rings (SSSR count). The van der Waals surface area contributed by atoms with Gasteiger partial charge in [-0.15, -0.1) is 0 Å². The minimum Gasteiger partial charge on any atom is -0.399 e. The summed E-state index contributed by atoms with van der Waals surface area (Å²) in [7, 11) is 1.48. The van der Waals surface area contributed by atoms with Gasteiger partial charge in [0.1, 0.15) is 5.82 Å². The molecule has 0 radical (unpaired) electrons. The summed E-state index contributed by atoms with van der Waals surface area (Å²) in [5.74, 6) is 0.484. The zero-order valence-corrected chi connectivity index (χ0v) is 12.3. The first-order valence-corrected chi connectivity index (χ1v) is 6.52. The molecule has 104 valence electrons. The highest BCUT2D eigenvalue weighted by Crippen LogP contribution is 2.36. The van der Waals surface area contributed by atoms with E-state index in [2.05, 4.69) is 10.3 Å². The van der Waals surface area contributed by atoms with Gasteiger partial charge in [0.05, 0.1) is 16.9 Å². The van der Waals surface area contributed by atoms with Gasteiger partial charge in [-0.05, 0) is 52.3 Å². The molecule has 1 saturated heterocycles. The molecule has 0 spiro atoms. The number of nitrogen functional groups attached to an aromatic ring is 1. The maximum atomic E-state index is 6.01. The lowest BCUT2D eigenvalue weighted by molar-refractivity contribution is 0.00578. The Morgan fingerprint density at radius 1 is 1.21 bits per heavy atom. The van der Waals surface area contributed by atoms with Crippen molar-refractivity contribution in [3.63, 3.8) is 0 Å². The molecule has 1 aliphatic heterocycles. The second-order valence-corrected chi connectivity index (χ2v) is 5.94. The van der Waals surface area contributed by atoms with E-state index in [1.165, 1.54) is 0 Å². The summed E-state index contributed by atoms with van der Waals surface area (Å²) in [6, 6.07) is 3.77. The lowest BCUT2D eigenvalue weighted by Gasteiger charge is -2.32. The van der Waals surface area contributed by atoms with Crippen LogP contribution in [0, 0.1) is 0 Å². The SMILES string of the molecule is CNCc1cc(B2OC(C)(C)C(C)(C)O2)cc(N)n1. The fourth-order valence-electron chi connectivity index (χ4n) is 2.02. The zero-order chi connectivity index (χ0) is 14.3. The topological polar surface area (TPSA) is 69.4 Å². The number of aromatic nitrogens is 1. The van der Waals surface area contributed by atoms with Crippen molar-refractivity contribution in [2.45, 2.75) is 45.4 Å². The molecular formula is C13H22BN3O2. The molecule has 1 aromatic rings. The van der Waals surface area contributed by atoms with Gasteiger partial charge in [-0.2, -0.15) is 0 Å². The van der Waals surface area contributed by atoms with Crippen molar-refractivity contribution in [1.82, 2.24) is 10.3 Å². The molecule has 0 saturated carbocycles. The third-order valence-electron chi connectivity index (χ3n) is 3.80. The van der Waals surface area contributed by atoms with Gasteiger partial charge < -0.3 is 20.4 Å². The van der Waals surface area contributed by atoms with Gasteiger partial charge in [-0.25, -0.2) is 4.98 Å². The van der Waals surface area contributed by atoms with Crippen molar-refractivity contribution in [3.05, 3.63) is 17.8 Å². The molecule has 5 nitrogen and oxygen atoms in total. The second kappa shape index (κ2) is 4.78. The highest BCUT2D eigenvalue weighted by molar-refractivity contribution is 6.62. The van der Waals surface area contributed by atoms with Gasteiger partial charge in [-0.3, -0.25) is 0 Å². The summed E-state index contributed by atoms with van der Waals surface area (Å²) in [5, 5.41) is 3.06. The molecule has 1 aromatic heterocycles. The Morgan fingerprint density at radius 2 is 1.79 bits per heavy atom. The number of nitrogens with two attached hydrogens (primary N) is 1. The summed E-state index contributed by atoms with van der Waals surface area (Å²) in [4.78, 5) is 4.27. The quantitative estimate of drug-likeness (QED) is 0.785. The van der Waals surface area contributed by atoms with Crippen molar-refractivity contribution >= 4 is 18.4 Å². The lowest BCUT2D eigenvalue weighted by atomic mass is 9.79. The summed E-state index contributed by atoms with van der Waals surface area (Å²) in [6.07, 6.45) is 0. The van der Waals surface area contributed by atoms with Crippen molar-refractivity contribution in [3.8, 4) is 0 Å². The highest BCUT2D eigenvalue weighted by atomic mass is 16.7. The monoisotopic (exact) mass is 263 g/mol. The van der Waals surface area contributed by atoms with Gasteiger partial charge in [-0.1, -0.05) is 0 Å². The average Bonchev–Trinajstić information content (AvgIpc) is 2.48. The molecule has 0 atom stereocenters. The zero-order valence-electron chi connectivity index (χ0n) is 12.3. The fraction of sp³-hybridized carbons (Fsp3) is 0.615. The van der Waals surface area contributed by atoms with Crippen molar-refractivity contribution in [2.24, 2.45) is 0 Å². The third kappa shape index (κ3) is 2.75. The van der Waals surface area contributed by atoms with E-state index >= 15 is 0 Å². The van der Waals surface area contributed by atoms with Crippen LogP contribution in [0.4, 0.5) is 5.82 Å². The first-order valence-electron chi connectivity index (χ1n) is 6.52. The number of nitrogens with zero attached hydrogens (tertiary/aromatic N) is 1. The molecule has 1 fully saturated rings. The molecule has 1 aliphatic rings. The summed E-state index contributed by atoms with van der Waals surface area (Å²) >= 11 is 0. The van der Waals surface area contributed by atoms with Crippen LogP contribution in [0.5, 0.6) is 0 Å². The Kier molecular flexibility index (Phi) is 3.60. The molecule has 0 aromatic carbocycles. The molecule has 3 N–H and O–H groups in total. The first-order chi connectivity index (χ1) is 8.75. The van der Waals surface area contributed by atoms with Crippen LogP contribution in [0.25, 0.3) is 0 Å². The predicted octanol–water partition coefficient (Wildman–Crippen LogP) is 0.682. The summed E-state index contributed by atoms with van der Waals surface area (Å²) in [5.41, 5.74) is 6.94. The van der Waals surface area contributed by atoms with Crippen LogP contribution in [0.3, 0.4) is 0 Å². The minimum absolute atomic E-state index is 0.348. The summed E-state index contributed by atoms with van der Waals surface area (Å²) in [6.45, 7) is 8.80. The van der Waals surface area contributed by atoms with Crippen LogP contribution in [-0.4, -0.2) is 30.4 Å². The Morgan fingerprint density at radius 3 is 2.32 bits per heavy atom. The van der Waals surface area contributed by atoms with E-state index < -0.39 is 7.12 Å². The fourth-order valence-corrected chi connectivity index (χ4v) is 2.02. The Labute approximate surface area is 115 Å². The van der Waals surface area contributed by atoms with Crippen LogP contribution >= 0.6 is 0 Å². The van der Waals surface area contributed by atoms with E-state index in [1.54, 1.807) is 6.07 Å². The maximum absolute atomic E-state index is 6.01. The van der Waals surface area contributed by atoms with Crippen molar-refractivity contribution in [1.29, 1.82) is 0 Å². The normalized spacial score (nSPS) is 20.8. The number of anilines is 1. The molecule has 0 bridgehead atoms. The number of nitrogens with one attached hydrogen (secondary N) is 1. The third-order valence-corrected chi connectivity index (χ3v) is 3.80. The number of hydrogen-bond acceptors (Lipinski definition) is 5. The van der Waals surface area contributed by atoms with Crippen LogP contribution < -0.4 is 16.5 Å². The standard InChI is InChI=1S/C13H22BN3O2/c1-12(2)13(3,4)19-14(18-12)9-6-10(8-16-5)17-11(15)7-9/h6-7,16H,8H2,1-5H3,(H2,15,17). The summed E-state index contributed by atoms with van der Waals surface area (Å²) < 4.78 is 12.0. The first kappa shape index (κ1) is 14.3. The van der Waals surface area contributed by atoms with Gasteiger partial charge in [0.2, 0.25) is 0 Å². The smallest absolute Gasteiger partial charge is 0.399 e. The number of pyridine rings is 1. The minimum atomic E-state index is -0.397. The van der Waals surface area contributed by atoms with Crippen LogP contribution in [0.15, 0.2) is 12.1 Å². The molecule has 2 heterocycles. The highest BCUT2D eigenvalue weighted by Gasteiger charge is 2.51. The van der Waals surface area contributed by atoms with E-state index in [1.807, 2.05) is 40.8 Å². The van der Waals surface area contributed by atoms with Crippen LogP contribution in [-0.2, 0) is 15.9 Å². The molecule has 0 unspecified atom stereocenters. The number of rotatable bonds is 3. The molecule has 19 heavy (non-hydrogen) atoms. The molecule has 6 heteroatoms. The van der Waals surface area contributed by atoms with Gasteiger partial charge in [0.25, 0.3) is 0 Å². The van der Waals surface area contributed by atoms with Gasteiger partial charge >= 0.3 is 7.12 Å². The van der Waals surface area contributed by atoms with Crippen LogP contribution in [0.1, 0.15) is 33.4 Å². The second-order valence-electron chi connectivity index (χ2n) is 5.94. The van der Waals surface area contributed by atoms with E-state index in [9.17, 15) is 0 Å². The largest absolute Gasteiger partial charge is 0.495 e. The van der Waals surface area contributed by atoms with E-state index in [0.29, 0.717) is 12.4 Å². The Bertz CT molecular complexity index is 461. The van der Waals surface area contributed by atoms with Gasteiger partial charge in [0.15, 0.2) is 0 Å². The van der Waals surface area contributed by atoms with Crippen LogP contribution in [0.2, 0.25) is 0 Å². The molecule has 0 amide bonds. The van der Waals surface area contributed by atoms with E-state index in [0.717, 1.165) is 11.2 Å². The number of hydrogen-bond donors (Lipinski definition) is 2. The Balaban J connectivity index is 2.29. The Hall–Kier alpha value is -1.11. The predicted molar refractivity (Wildman–Crippen MR) is 77.1 cm³/mol. The van der Waals surface area contributed by atoms with E-state index in [4.69, 9.17) is 15.0 Å². The maximum Gasteiger partial charge on any atom is 0.495 e. The molecule has 0 aliphatic carbocycles.